The Morgan fingerprint density at radius 1 is 1.10 bits per heavy atom. The Morgan fingerprint density at radius 2 is 1.80 bits per heavy atom. The Kier molecular flexibility index (Phi) is 8.08. The number of likely N-dealkylation sites (tertiary alicyclic amines) is 2. The first-order chi connectivity index (χ1) is 14.5. The predicted molar refractivity (Wildman–Crippen MR) is 123 cm³/mol. The van der Waals surface area contributed by atoms with E-state index in [1.807, 2.05) is 30.0 Å². The molecule has 2 heterocycles. The molecular formula is C23H34N4O2S. The lowest BCUT2D eigenvalue weighted by molar-refractivity contribution is -0.138. The van der Waals surface area contributed by atoms with Gasteiger partial charge in [-0.1, -0.05) is 18.2 Å². The van der Waals surface area contributed by atoms with E-state index in [0.29, 0.717) is 5.56 Å². The molecule has 7 heteroatoms. The molecule has 2 aliphatic rings. The zero-order valence-corrected chi connectivity index (χ0v) is 18.9. The molecule has 2 aliphatic heterocycles. The van der Waals surface area contributed by atoms with Crippen molar-refractivity contribution in [1.82, 2.24) is 20.4 Å². The van der Waals surface area contributed by atoms with Gasteiger partial charge in [0, 0.05) is 37.8 Å². The fourth-order valence-electron chi connectivity index (χ4n) is 4.50. The smallest absolute Gasteiger partial charge is 0.251 e. The lowest BCUT2D eigenvalue weighted by Crippen LogP contribution is -2.57. The Balaban J connectivity index is 1.73. The Labute approximate surface area is 185 Å². The van der Waals surface area contributed by atoms with Crippen molar-refractivity contribution >= 4 is 29.1 Å². The maximum atomic E-state index is 13.6. The number of nitrogens with zero attached hydrogens (tertiary/aromatic N) is 2. The van der Waals surface area contributed by atoms with Crippen molar-refractivity contribution in [2.75, 3.05) is 26.2 Å². The first-order valence-electron chi connectivity index (χ1n) is 11.2. The number of hydrogen-bond acceptors (Lipinski definition) is 3. The zero-order valence-electron chi connectivity index (χ0n) is 18.1. The van der Waals surface area contributed by atoms with Crippen LogP contribution in [0.1, 0.15) is 56.3 Å². The first kappa shape index (κ1) is 22.5. The lowest BCUT2D eigenvalue weighted by atomic mass is 9.87. The van der Waals surface area contributed by atoms with E-state index in [0.717, 1.165) is 63.4 Å². The van der Waals surface area contributed by atoms with Crippen molar-refractivity contribution in [3.63, 3.8) is 0 Å². The number of piperidine rings is 2. The maximum absolute atomic E-state index is 13.6. The molecular weight excluding hydrogens is 396 g/mol. The summed E-state index contributed by atoms with van der Waals surface area (Å²) < 4.78 is 0. The molecule has 0 radical (unpaired) electrons. The highest BCUT2D eigenvalue weighted by molar-refractivity contribution is 7.80. The highest BCUT2D eigenvalue weighted by Gasteiger charge is 2.37. The van der Waals surface area contributed by atoms with Gasteiger partial charge < -0.3 is 20.4 Å². The Bertz CT molecular complexity index is 734. The molecule has 0 aromatic heterocycles. The Morgan fingerprint density at radius 3 is 2.43 bits per heavy atom. The van der Waals surface area contributed by atoms with Gasteiger partial charge in [0.05, 0.1) is 0 Å². The summed E-state index contributed by atoms with van der Waals surface area (Å²) in [5.74, 6) is 0.00312. The summed E-state index contributed by atoms with van der Waals surface area (Å²) in [6, 6.07) is 8.89. The SMILES string of the molecule is CCNC(=S)N1CCC([C@H](NC(=O)c2ccccc2)C(=O)N2CCCC[C@@H]2C)CC1. The molecule has 2 fully saturated rings. The molecule has 2 amide bonds. The van der Waals surface area contributed by atoms with Crippen molar-refractivity contribution in [1.29, 1.82) is 0 Å². The standard InChI is InChI=1S/C23H34N4O2S/c1-3-24-23(30)26-15-12-18(13-16-26)20(22(29)27-14-8-7-9-17(27)2)25-21(28)19-10-5-4-6-11-19/h4-6,10-11,17-18,20H,3,7-9,12-16H2,1-2H3,(H,24,30)(H,25,28)/t17-,20-/m0/s1. The van der Waals surface area contributed by atoms with Gasteiger partial charge >= 0.3 is 0 Å². The van der Waals surface area contributed by atoms with E-state index in [9.17, 15) is 9.59 Å². The van der Waals surface area contributed by atoms with Crippen molar-refractivity contribution in [2.24, 2.45) is 5.92 Å². The average molecular weight is 431 g/mol. The molecule has 1 aromatic rings. The monoisotopic (exact) mass is 430 g/mol. The number of hydrogen-bond donors (Lipinski definition) is 2. The Hall–Kier alpha value is -2.15. The normalized spacial score (nSPS) is 21.1. The van der Waals surface area contributed by atoms with Gasteiger partial charge in [0.1, 0.15) is 6.04 Å². The molecule has 2 atom stereocenters. The summed E-state index contributed by atoms with van der Waals surface area (Å²) in [5, 5.41) is 7.07. The van der Waals surface area contributed by atoms with Gasteiger partial charge in [0.15, 0.2) is 5.11 Å². The van der Waals surface area contributed by atoms with Crippen LogP contribution in [0.5, 0.6) is 0 Å². The van der Waals surface area contributed by atoms with E-state index in [2.05, 4.69) is 22.5 Å². The van der Waals surface area contributed by atoms with Gasteiger partial charge in [-0.05, 0) is 76.2 Å². The molecule has 0 spiro atoms. The lowest BCUT2D eigenvalue weighted by Gasteiger charge is -2.41. The maximum Gasteiger partial charge on any atom is 0.251 e. The van der Waals surface area contributed by atoms with E-state index in [1.54, 1.807) is 12.1 Å². The van der Waals surface area contributed by atoms with Crippen molar-refractivity contribution < 1.29 is 9.59 Å². The first-order valence-corrected chi connectivity index (χ1v) is 11.6. The predicted octanol–water partition coefficient (Wildman–Crippen LogP) is 2.79. The second-order valence-corrected chi connectivity index (χ2v) is 8.74. The van der Waals surface area contributed by atoms with Gasteiger partial charge in [-0.25, -0.2) is 0 Å². The summed E-state index contributed by atoms with van der Waals surface area (Å²) in [5.41, 5.74) is 0.591. The zero-order chi connectivity index (χ0) is 21.5. The van der Waals surface area contributed by atoms with E-state index in [4.69, 9.17) is 12.2 Å². The molecule has 0 unspecified atom stereocenters. The number of rotatable bonds is 5. The van der Waals surface area contributed by atoms with Crippen LogP contribution in [0, 0.1) is 5.92 Å². The molecule has 6 nitrogen and oxygen atoms in total. The summed E-state index contributed by atoms with van der Waals surface area (Å²) in [6.07, 6.45) is 4.88. The van der Waals surface area contributed by atoms with Crippen LogP contribution in [0.15, 0.2) is 30.3 Å². The number of thiocarbonyl (C=S) groups is 1. The molecule has 0 bridgehead atoms. The van der Waals surface area contributed by atoms with Crippen molar-refractivity contribution in [3.05, 3.63) is 35.9 Å². The second kappa shape index (κ2) is 10.8. The van der Waals surface area contributed by atoms with E-state index >= 15 is 0 Å². The number of amides is 2. The minimum Gasteiger partial charge on any atom is -0.363 e. The number of benzene rings is 1. The molecule has 0 saturated carbocycles. The summed E-state index contributed by atoms with van der Waals surface area (Å²) in [6.45, 7) is 7.34. The third kappa shape index (κ3) is 5.50. The van der Waals surface area contributed by atoms with Crippen LogP contribution in [0.4, 0.5) is 0 Å². The van der Waals surface area contributed by atoms with Crippen LogP contribution in [0.25, 0.3) is 0 Å². The summed E-state index contributed by atoms with van der Waals surface area (Å²) >= 11 is 5.45. The van der Waals surface area contributed by atoms with Gasteiger partial charge in [-0.2, -0.15) is 0 Å². The van der Waals surface area contributed by atoms with Crippen LogP contribution in [-0.2, 0) is 4.79 Å². The largest absolute Gasteiger partial charge is 0.363 e. The second-order valence-electron chi connectivity index (χ2n) is 8.35. The minimum atomic E-state index is -0.492. The average Bonchev–Trinajstić information content (AvgIpc) is 2.78. The fourth-order valence-corrected chi connectivity index (χ4v) is 4.83. The fraction of sp³-hybridized carbons (Fsp3) is 0.609. The minimum absolute atomic E-state index is 0.0687. The van der Waals surface area contributed by atoms with Gasteiger partial charge in [0.25, 0.3) is 5.91 Å². The van der Waals surface area contributed by atoms with Crippen LogP contribution in [0.2, 0.25) is 0 Å². The highest BCUT2D eigenvalue weighted by Crippen LogP contribution is 2.25. The van der Waals surface area contributed by atoms with Crippen LogP contribution >= 0.6 is 12.2 Å². The summed E-state index contributed by atoms with van der Waals surface area (Å²) in [4.78, 5) is 30.6. The number of carbonyl (C=O) groups is 2. The third-order valence-electron chi connectivity index (χ3n) is 6.30. The topological polar surface area (TPSA) is 64.7 Å². The molecule has 164 valence electrons. The quantitative estimate of drug-likeness (QED) is 0.704. The van der Waals surface area contributed by atoms with Crippen LogP contribution in [-0.4, -0.2) is 65.0 Å². The number of nitrogens with one attached hydrogen (secondary N) is 2. The third-order valence-corrected chi connectivity index (χ3v) is 6.70. The van der Waals surface area contributed by atoms with Gasteiger partial charge in [-0.3, -0.25) is 9.59 Å². The number of carbonyl (C=O) groups excluding carboxylic acids is 2. The highest BCUT2D eigenvalue weighted by atomic mass is 32.1. The van der Waals surface area contributed by atoms with Crippen LogP contribution < -0.4 is 10.6 Å². The summed E-state index contributed by atoms with van der Waals surface area (Å²) in [7, 11) is 0. The molecule has 3 rings (SSSR count). The van der Waals surface area contributed by atoms with Crippen LogP contribution in [0.3, 0.4) is 0 Å². The van der Waals surface area contributed by atoms with Gasteiger partial charge in [0.2, 0.25) is 5.91 Å². The van der Waals surface area contributed by atoms with E-state index in [1.165, 1.54) is 0 Å². The molecule has 30 heavy (non-hydrogen) atoms. The van der Waals surface area contributed by atoms with Gasteiger partial charge in [-0.15, -0.1) is 0 Å². The molecule has 2 N–H and O–H groups in total. The molecule has 0 aliphatic carbocycles. The molecule has 1 aromatic carbocycles. The van der Waals surface area contributed by atoms with E-state index in [-0.39, 0.29) is 23.8 Å². The van der Waals surface area contributed by atoms with Crippen molar-refractivity contribution in [3.8, 4) is 0 Å². The van der Waals surface area contributed by atoms with E-state index < -0.39 is 6.04 Å². The van der Waals surface area contributed by atoms with Crippen molar-refractivity contribution in [2.45, 2.75) is 58.0 Å². The molecule has 2 saturated heterocycles.